The summed E-state index contributed by atoms with van der Waals surface area (Å²) in [5.41, 5.74) is 0.535. The fraction of sp³-hybridized carbons (Fsp3) is 0.143. The summed E-state index contributed by atoms with van der Waals surface area (Å²) < 4.78 is 42.7. The number of benzene rings is 2. The van der Waals surface area contributed by atoms with Crippen LogP contribution in [0.5, 0.6) is 5.75 Å². The van der Waals surface area contributed by atoms with E-state index in [4.69, 9.17) is 4.74 Å². The molecule has 0 saturated carbocycles. The van der Waals surface area contributed by atoms with Crippen LogP contribution in [0.4, 0.5) is 12.9 Å². The molecule has 2 aromatic rings. The quantitative estimate of drug-likeness (QED) is 0.725. The first-order valence-electron chi connectivity index (χ1n) is 6.02. The minimum Gasteiger partial charge on any atom is -0.493 e. The second-order valence-electron chi connectivity index (χ2n) is 4.23. The molecule has 20 heavy (non-hydrogen) atoms. The molecule has 0 spiro atoms. The van der Waals surface area contributed by atoms with Gasteiger partial charge >= 0.3 is 58.4 Å². The normalized spacial score (nSPS) is 10.8. The Labute approximate surface area is 159 Å². The van der Waals surface area contributed by atoms with Gasteiger partial charge in [-0.2, -0.15) is 0 Å². The molecule has 0 heterocycles. The Hall–Kier alpha value is -0.269. The van der Waals surface area contributed by atoms with E-state index in [1.165, 1.54) is 12.1 Å². The molecule has 0 aromatic heterocycles. The number of ether oxygens (including phenoxy) is 1. The first kappa shape index (κ1) is 17.8. The molecule has 0 bridgehead atoms. The predicted octanol–water partition coefficient (Wildman–Crippen LogP) is 0.366. The summed E-state index contributed by atoms with van der Waals surface area (Å²) in [7, 11) is 0. The second-order valence-corrected chi connectivity index (χ2v) is 4.23. The predicted molar refractivity (Wildman–Crippen MR) is 70.8 cm³/mol. The van der Waals surface area contributed by atoms with Crippen molar-refractivity contribution in [2.45, 2.75) is 6.42 Å². The summed E-state index contributed by atoms with van der Waals surface area (Å²) in [4.78, 5) is 0. The van der Waals surface area contributed by atoms with Crippen molar-refractivity contribution < 1.29 is 69.1 Å². The van der Waals surface area contributed by atoms with Crippen molar-refractivity contribution in [1.82, 2.24) is 0 Å². The molecule has 0 aliphatic rings. The van der Waals surface area contributed by atoms with Crippen LogP contribution in [0.1, 0.15) is 5.56 Å². The number of hydrogen-bond donors (Lipinski definition) is 0. The smallest absolute Gasteiger partial charge is 0.493 e. The van der Waals surface area contributed by atoms with Crippen LogP contribution >= 0.6 is 0 Å². The minimum atomic E-state index is -4.93. The van der Waals surface area contributed by atoms with Gasteiger partial charge in [-0.15, -0.1) is 5.46 Å². The SMILES string of the molecule is F[B-](F)(F)c1ccc(OCCc2ccccc2)cc1.[K+]. The van der Waals surface area contributed by atoms with E-state index in [-0.39, 0.29) is 51.4 Å². The average Bonchev–Trinajstić information content (AvgIpc) is 2.39. The summed E-state index contributed by atoms with van der Waals surface area (Å²) in [5, 5.41) is 0. The standard InChI is InChI=1S/C14H13BF3O.K/c16-15(17,18)13-6-8-14(9-7-13)19-11-10-12-4-2-1-3-5-12;/h1-9H,10-11H2;/q-1;+1. The van der Waals surface area contributed by atoms with Crippen LogP contribution < -0.4 is 61.6 Å². The molecule has 2 aromatic carbocycles. The van der Waals surface area contributed by atoms with E-state index in [1.54, 1.807) is 0 Å². The largest absolute Gasteiger partial charge is 1.00 e. The Balaban J connectivity index is 0.00000200. The molecule has 0 saturated heterocycles. The molecule has 0 amide bonds. The third kappa shape index (κ3) is 5.62. The molecule has 0 fully saturated rings. The average molecular weight is 304 g/mol. The van der Waals surface area contributed by atoms with Crippen molar-refractivity contribution in [3.05, 3.63) is 60.2 Å². The van der Waals surface area contributed by atoms with Crippen molar-refractivity contribution in [1.29, 1.82) is 0 Å². The fourth-order valence-corrected chi connectivity index (χ4v) is 1.71. The minimum absolute atomic E-state index is 0. The van der Waals surface area contributed by atoms with Crippen LogP contribution in [0.15, 0.2) is 54.6 Å². The maximum Gasteiger partial charge on any atom is 1.00 e. The molecular formula is C14H13BF3KO. The van der Waals surface area contributed by atoms with E-state index < -0.39 is 12.4 Å². The Morgan fingerprint density at radius 3 is 2.00 bits per heavy atom. The molecule has 0 unspecified atom stereocenters. The number of hydrogen-bond acceptors (Lipinski definition) is 1. The zero-order valence-corrected chi connectivity index (χ0v) is 14.4. The van der Waals surface area contributed by atoms with E-state index in [0.29, 0.717) is 12.4 Å². The Bertz CT molecular complexity index is 514. The molecule has 0 N–H and O–H groups in total. The van der Waals surface area contributed by atoms with Crippen LogP contribution in [-0.2, 0) is 6.42 Å². The van der Waals surface area contributed by atoms with Crippen LogP contribution in [0.3, 0.4) is 0 Å². The third-order valence-electron chi connectivity index (χ3n) is 2.76. The summed E-state index contributed by atoms with van der Waals surface area (Å²) in [6.45, 7) is -4.48. The van der Waals surface area contributed by atoms with E-state index in [1.807, 2.05) is 30.3 Å². The third-order valence-corrected chi connectivity index (χ3v) is 2.76. The maximum atomic E-state index is 12.4. The Morgan fingerprint density at radius 2 is 1.45 bits per heavy atom. The van der Waals surface area contributed by atoms with Gasteiger partial charge < -0.3 is 17.7 Å². The van der Waals surface area contributed by atoms with Gasteiger partial charge in [-0.3, -0.25) is 0 Å². The van der Waals surface area contributed by atoms with Gasteiger partial charge in [0, 0.05) is 6.42 Å². The van der Waals surface area contributed by atoms with Crippen LogP contribution in [0.25, 0.3) is 0 Å². The fourth-order valence-electron chi connectivity index (χ4n) is 1.71. The topological polar surface area (TPSA) is 9.23 Å². The van der Waals surface area contributed by atoms with Crippen molar-refractivity contribution in [3.63, 3.8) is 0 Å². The van der Waals surface area contributed by atoms with Crippen molar-refractivity contribution in [2.24, 2.45) is 0 Å². The van der Waals surface area contributed by atoms with Gasteiger partial charge in [-0.1, -0.05) is 42.5 Å². The zero-order chi connectivity index (χ0) is 13.7. The summed E-state index contributed by atoms with van der Waals surface area (Å²) >= 11 is 0. The molecule has 1 nitrogen and oxygen atoms in total. The van der Waals surface area contributed by atoms with E-state index in [0.717, 1.165) is 24.1 Å². The van der Waals surface area contributed by atoms with Gasteiger partial charge in [0.2, 0.25) is 0 Å². The van der Waals surface area contributed by atoms with Crippen molar-refractivity contribution in [2.75, 3.05) is 6.61 Å². The Kier molecular flexibility index (Phi) is 7.33. The number of halogens is 3. The van der Waals surface area contributed by atoms with Crippen molar-refractivity contribution in [3.8, 4) is 5.75 Å². The molecule has 0 radical (unpaired) electrons. The molecule has 2 rings (SSSR count). The first-order valence-corrected chi connectivity index (χ1v) is 6.02. The number of rotatable bonds is 5. The summed E-state index contributed by atoms with van der Waals surface area (Å²) in [6, 6.07) is 14.6. The van der Waals surface area contributed by atoms with E-state index >= 15 is 0 Å². The first-order chi connectivity index (χ1) is 9.05. The molecule has 0 aliphatic heterocycles. The monoisotopic (exact) mass is 304 g/mol. The van der Waals surface area contributed by atoms with Crippen molar-refractivity contribution >= 4 is 12.4 Å². The van der Waals surface area contributed by atoms with Gasteiger partial charge in [0.25, 0.3) is 0 Å². The molecular weight excluding hydrogens is 291 g/mol. The van der Waals surface area contributed by atoms with Crippen LogP contribution in [0.2, 0.25) is 0 Å². The van der Waals surface area contributed by atoms with Gasteiger partial charge in [-0.25, -0.2) is 0 Å². The van der Waals surface area contributed by atoms with Gasteiger partial charge in [0.15, 0.2) is 0 Å². The van der Waals surface area contributed by atoms with Gasteiger partial charge in [-0.05, 0) is 17.7 Å². The van der Waals surface area contributed by atoms with Gasteiger partial charge in [0.1, 0.15) is 5.75 Å². The molecule has 6 heteroatoms. The summed E-state index contributed by atoms with van der Waals surface area (Å²) in [6.07, 6.45) is 0.728. The van der Waals surface area contributed by atoms with Gasteiger partial charge in [0.05, 0.1) is 6.61 Å². The molecule has 0 aliphatic carbocycles. The Morgan fingerprint density at radius 1 is 0.850 bits per heavy atom. The second kappa shape index (κ2) is 8.24. The molecule has 0 atom stereocenters. The van der Waals surface area contributed by atoms with Crippen LogP contribution in [0, 0.1) is 0 Å². The molecule has 100 valence electrons. The maximum absolute atomic E-state index is 12.4. The van der Waals surface area contributed by atoms with E-state index in [9.17, 15) is 12.9 Å². The van der Waals surface area contributed by atoms with E-state index in [2.05, 4.69) is 0 Å². The summed E-state index contributed by atoms with van der Waals surface area (Å²) in [5.74, 6) is 0.458. The van der Waals surface area contributed by atoms with Crippen LogP contribution in [-0.4, -0.2) is 13.6 Å². The zero-order valence-electron chi connectivity index (χ0n) is 11.2.